The van der Waals surface area contributed by atoms with Gasteiger partial charge in [0.05, 0.1) is 12.8 Å². The number of anilines is 1. The van der Waals surface area contributed by atoms with Crippen LogP contribution in [0, 0.1) is 5.82 Å². The van der Waals surface area contributed by atoms with Gasteiger partial charge in [0.25, 0.3) is 5.91 Å². The first kappa shape index (κ1) is 18.4. The maximum Gasteiger partial charge on any atom is 0.262 e. The van der Waals surface area contributed by atoms with E-state index in [4.69, 9.17) is 9.47 Å². The van der Waals surface area contributed by atoms with Crippen molar-refractivity contribution in [2.45, 2.75) is 0 Å². The van der Waals surface area contributed by atoms with E-state index in [1.165, 1.54) is 16.9 Å². The Bertz CT molecular complexity index is 1160. The van der Waals surface area contributed by atoms with E-state index >= 15 is 0 Å². The van der Waals surface area contributed by atoms with E-state index in [9.17, 15) is 9.18 Å². The van der Waals surface area contributed by atoms with Crippen LogP contribution < -0.4 is 14.8 Å². The van der Waals surface area contributed by atoms with E-state index in [-0.39, 0.29) is 12.4 Å². The van der Waals surface area contributed by atoms with Crippen molar-refractivity contribution in [3.05, 3.63) is 72.5 Å². The number of aromatic nitrogens is 3. The molecule has 0 bridgehead atoms. The summed E-state index contributed by atoms with van der Waals surface area (Å²) in [5.74, 6) is -0.152. The van der Waals surface area contributed by atoms with Crippen LogP contribution in [0.15, 0.2) is 66.7 Å². The topological polar surface area (TPSA) is 78.3 Å². The summed E-state index contributed by atoms with van der Waals surface area (Å²) in [5.41, 5.74) is 2.63. The molecule has 0 fully saturated rings. The third kappa shape index (κ3) is 4.16. The molecule has 8 heteroatoms. The van der Waals surface area contributed by atoms with E-state index < -0.39 is 11.7 Å². The van der Waals surface area contributed by atoms with Gasteiger partial charge in [0.2, 0.25) is 0 Å². The van der Waals surface area contributed by atoms with Crippen LogP contribution >= 0.6 is 0 Å². The highest BCUT2D eigenvalue weighted by molar-refractivity contribution is 5.93. The summed E-state index contributed by atoms with van der Waals surface area (Å²) >= 11 is 0. The molecule has 0 radical (unpaired) electrons. The molecule has 146 valence electrons. The predicted octanol–water partition coefficient (Wildman–Crippen LogP) is 3.59. The van der Waals surface area contributed by atoms with Gasteiger partial charge in [-0.25, -0.2) is 4.39 Å². The number of carbonyl (C=O) groups excluding carboxylic acids is 1. The van der Waals surface area contributed by atoms with E-state index in [0.717, 1.165) is 11.4 Å². The number of methoxy groups -OCH3 is 1. The van der Waals surface area contributed by atoms with Gasteiger partial charge in [-0.15, -0.1) is 10.2 Å². The highest BCUT2D eigenvalue weighted by atomic mass is 19.1. The lowest BCUT2D eigenvalue weighted by Crippen LogP contribution is -2.20. The molecular formula is C21H17FN4O3. The third-order valence-corrected chi connectivity index (χ3v) is 4.16. The van der Waals surface area contributed by atoms with Gasteiger partial charge in [-0.1, -0.05) is 12.1 Å². The van der Waals surface area contributed by atoms with Crippen LogP contribution in [0.5, 0.6) is 11.5 Å². The van der Waals surface area contributed by atoms with Crippen molar-refractivity contribution in [3.8, 4) is 17.2 Å². The number of nitrogens with zero attached hydrogens (tertiary/aromatic N) is 3. The maximum atomic E-state index is 13.5. The van der Waals surface area contributed by atoms with Crippen molar-refractivity contribution >= 4 is 22.6 Å². The molecule has 0 saturated carbocycles. The molecule has 0 spiro atoms. The Balaban J connectivity index is 1.45. The van der Waals surface area contributed by atoms with Crippen molar-refractivity contribution in [2.75, 3.05) is 19.0 Å². The summed E-state index contributed by atoms with van der Waals surface area (Å²) < 4.78 is 23.9. The zero-order valence-electron chi connectivity index (χ0n) is 15.5. The van der Waals surface area contributed by atoms with E-state index in [2.05, 4.69) is 15.5 Å². The van der Waals surface area contributed by atoms with Crippen molar-refractivity contribution in [1.82, 2.24) is 15.0 Å². The lowest BCUT2D eigenvalue weighted by molar-refractivity contribution is -0.118. The van der Waals surface area contributed by atoms with Crippen LogP contribution in [0.3, 0.4) is 0 Å². The molecule has 0 unspecified atom stereocenters. The molecule has 0 atom stereocenters. The molecule has 0 aliphatic heterocycles. The fraction of sp³-hybridized carbons (Fsp3) is 0.0952. The number of carbonyl (C=O) groups is 1. The minimum atomic E-state index is -0.517. The highest BCUT2D eigenvalue weighted by Gasteiger charge is 2.10. The Kier molecular flexibility index (Phi) is 5.07. The second kappa shape index (κ2) is 7.97. The molecule has 0 aliphatic rings. The van der Waals surface area contributed by atoms with Gasteiger partial charge in [0.1, 0.15) is 16.8 Å². The quantitative estimate of drug-likeness (QED) is 0.543. The summed E-state index contributed by atoms with van der Waals surface area (Å²) in [4.78, 5) is 13.6. The number of halogens is 1. The fourth-order valence-electron chi connectivity index (χ4n) is 2.73. The first-order valence-corrected chi connectivity index (χ1v) is 8.81. The molecule has 3 aromatic carbocycles. The van der Waals surface area contributed by atoms with Gasteiger partial charge in [0, 0.05) is 5.69 Å². The Morgan fingerprint density at radius 2 is 1.79 bits per heavy atom. The maximum absolute atomic E-state index is 13.5. The minimum Gasteiger partial charge on any atom is -0.497 e. The largest absolute Gasteiger partial charge is 0.497 e. The normalized spacial score (nSPS) is 10.7. The number of hydrogen-bond acceptors (Lipinski definition) is 5. The molecule has 1 aromatic heterocycles. The Morgan fingerprint density at radius 3 is 2.55 bits per heavy atom. The number of rotatable bonds is 6. The van der Waals surface area contributed by atoms with Gasteiger partial charge < -0.3 is 14.8 Å². The molecule has 4 aromatic rings. The molecule has 29 heavy (non-hydrogen) atoms. The first-order valence-electron chi connectivity index (χ1n) is 8.81. The zero-order chi connectivity index (χ0) is 20.2. The highest BCUT2D eigenvalue weighted by Crippen LogP contribution is 2.19. The number of ether oxygens (including phenoxy) is 2. The first-order chi connectivity index (χ1) is 14.1. The molecular weight excluding hydrogens is 375 g/mol. The Morgan fingerprint density at radius 1 is 1.03 bits per heavy atom. The summed E-state index contributed by atoms with van der Waals surface area (Å²) in [5, 5.41) is 11.6. The van der Waals surface area contributed by atoms with Crippen LogP contribution in [-0.2, 0) is 4.79 Å². The van der Waals surface area contributed by atoms with Crippen molar-refractivity contribution in [2.24, 2.45) is 0 Å². The number of amides is 1. The summed E-state index contributed by atoms with van der Waals surface area (Å²) in [7, 11) is 1.60. The average molecular weight is 392 g/mol. The monoisotopic (exact) mass is 392 g/mol. The van der Waals surface area contributed by atoms with Gasteiger partial charge in [-0.2, -0.15) is 4.80 Å². The van der Waals surface area contributed by atoms with Crippen molar-refractivity contribution in [3.63, 3.8) is 0 Å². The van der Waals surface area contributed by atoms with E-state index in [1.807, 2.05) is 24.3 Å². The Hall–Kier alpha value is -3.94. The molecule has 0 saturated heterocycles. The number of nitrogens with one attached hydrogen (secondary N) is 1. The average Bonchev–Trinajstić information content (AvgIpc) is 3.16. The molecule has 7 nitrogen and oxygen atoms in total. The van der Waals surface area contributed by atoms with E-state index in [1.54, 1.807) is 37.4 Å². The smallest absolute Gasteiger partial charge is 0.262 e. The molecule has 1 amide bonds. The molecule has 0 aliphatic carbocycles. The van der Waals surface area contributed by atoms with Crippen LogP contribution in [0.1, 0.15) is 0 Å². The standard InChI is InChI=1S/C21H17FN4O3/c1-28-16-9-7-15(8-10-16)26-24-18-11-6-14(12-19(18)25-26)23-21(27)13-29-20-5-3-2-4-17(20)22/h2-12H,13H2,1H3,(H,23,27). The van der Waals surface area contributed by atoms with Crippen LogP contribution in [0.4, 0.5) is 10.1 Å². The number of para-hydroxylation sites is 1. The number of benzene rings is 3. The summed E-state index contributed by atoms with van der Waals surface area (Å²) in [6, 6.07) is 18.5. The number of hydrogen-bond donors (Lipinski definition) is 1. The van der Waals surface area contributed by atoms with E-state index in [0.29, 0.717) is 16.7 Å². The van der Waals surface area contributed by atoms with Gasteiger partial charge in [0.15, 0.2) is 18.2 Å². The molecule has 1 N–H and O–H groups in total. The second-order valence-corrected chi connectivity index (χ2v) is 6.16. The van der Waals surface area contributed by atoms with Gasteiger partial charge in [-0.05, 0) is 54.6 Å². The SMILES string of the molecule is COc1ccc(-n2nc3ccc(NC(=O)COc4ccccc4F)cc3n2)cc1. The van der Waals surface area contributed by atoms with Crippen molar-refractivity contribution < 1.29 is 18.7 Å². The van der Waals surface area contributed by atoms with Gasteiger partial charge in [-0.3, -0.25) is 4.79 Å². The van der Waals surface area contributed by atoms with Crippen molar-refractivity contribution in [1.29, 1.82) is 0 Å². The third-order valence-electron chi connectivity index (χ3n) is 4.16. The lowest BCUT2D eigenvalue weighted by Gasteiger charge is -2.07. The van der Waals surface area contributed by atoms with Crippen LogP contribution in [0.25, 0.3) is 16.7 Å². The van der Waals surface area contributed by atoms with Crippen LogP contribution in [0.2, 0.25) is 0 Å². The number of fused-ring (bicyclic) bond motifs is 1. The predicted molar refractivity (Wildman–Crippen MR) is 106 cm³/mol. The minimum absolute atomic E-state index is 0.0283. The van der Waals surface area contributed by atoms with Gasteiger partial charge >= 0.3 is 0 Å². The molecule has 4 rings (SSSR count). The Labute approximate surface area is 165 Å². The lowest BCUT2D eigenvalue weighted by atomic mass is 10.3. The fourth-order valence-corrected chi connectivity index (χ4v) is 2.73. The second-order valence-electron chi connectivity index (χ2n) is 6.16. The van der Waals surface area contributed by atoms with Crippen LogP contribution in [-0.4, -0.2) is 34.6 Å². The zero-order valence-corrected chi connectivity index (χ0v) is 15.5. The molecule has 1 heterocycles. The summed E-state index contributed by atoms with van der Waals surface area (Å²) in [6.45, 7) is -0.308. The summed E-state index contributed by atoms with van der Waals surface area (Å²) in [6.07, 6.45) is 0.